The first kappa shape index (κ1) is 7.56. The molecule has 0 amide bonds. The van der Waals surface area contributed by atoms with E-state index in [2.05, 4.69) is 18.7 Å². The molecule has 2 heteroatoms. The topological polar surface area (TPSA) is 15.8 Å². The fraction of sp³-hybridized carbons (Fsp3) is 1.00. The Morgan fingerprint density at radius 1 is 1.55 bits per heavy atom. The molecule has 11 heavy (non-hydrogen) atoms. The summed E-state index contributed by atoms with van der Waals surface area (Å²) in [5.74, 6) is 0. The standard InChI is InChI=1S/C9H17NO/c1-3-9-7-10(4-2)6-5-8(9)11-9/h8H,3-7H2,1-2H3/t8-,9+/m1/s1. The number of rotatable bonds is 2. The van der Waals surface area contributed by atoms with Crippen molar-refractivity contribution in [1.29, 1.82) is 0 Å². The van der Waals surface area contributed by atoms with Gasteiger partial charge in [-0.15, -0.1) is 0 Å². The van der Waals surface area contributed by atoms with Crippen LogP contribution in [0.5, 0.6) is 0 Å². The Morgan fingerprint density at radius 2 is 2.36 bits per heavy atom. The number of ether oxygens (including phenoxy) is 1. The molecule has 2 aliphatic rings. The molecule has 0 unspecified atom stereocenters. The predicted octanol–water partition coefficient (Wildman–Crippen LogP) is 1.26. The average molecular weight is 155 g/mol. The number of likely N-dealkylation sites (N-methyl/N-ethyl adjacent to an activating group) is 1. The zero-order chi connectivity index (χ0) is 7.90. The molecular formula is C9H17NO. The SMILES string of the molecule is CCN1CC[C@H]2O[C@@]2(CC)C1. The summed E-state index contributed by atoms with van der Waals surface area (Å²) in [5, 5.41) is 0. The number of hydrogen-bond donors (Lipinski definition) is 0. The molecule has 0 bridgehead atoms. The summed E-state index contributed by atoms with van der Waals surface area (Å²) >= 11 is 0. The number of likely N-dealkylation sites (tertiary alicyclic amines) is 1. The van der Waals surface area contributed by atoms with Crippen LogP contribution in [0, 0.1) is 0 Å². The lowest BCUT2D eigenvalue weighted by Gasteiger charge is -2.27. The van der Waals surface area contributed by atoms with Gasteiger partial charge in [0.25, 0.3) is 0 Å². The first-order valence-corrected chi connectivity index (χ1v) is 4.71. The second-order valence-corrected chi connectivity index (χ2v) is 3.68. The molecule has 2 fully saturated rings. The van der Waals surface area contributed by atoms with Crippen LogP contribution >= 0.6 is 0 Å². The van der Waals surface area contributed by atoms with Crippen molar-refractivity contribution in [3.8, 4) is 0 Å². The lowest BCUT2D eigenvalue weighted by molar-refractivity contribution is 0.192. The summed E-state index contributed by atoms with van der Waals surface area (Å²) in [6, 6.07) is 0. The predicted molar refractivity (Wildman–Crippen MR) is 44.6 cm³/mol. The van der Waals surface area contributed by atoms with Crippen LogP contribution < -0.4 is 0 Å². The van der Waals surface area contributed by atoms with Crippen LogP contribution in [-0.2, 0) is 4.74 Å². The van der Waals surface area contributed by atoms with E-state index >= 15 is 0 Å². The van der Waals surface area contributed by atoms with Gasteiger partial charge in [-0.1, -0.05) is 13.8 Å². The summed E-state index contributed by atoms with van der Waals surface area (Å²) in [7, 11) is 0. The third kappa shape index (κ3) is 1.09. The number of nitrogens with zero attached hydrogens (tertiary/aromatic N) is 1. The van der Waals surface area contributed by atoms with Gasteiger partial charge in [0.15, 0.2) is 0 Å². The highest BCUT2D eigenvalue weighted by atomic mass is 16.6. The monoisotopic (exact) mass is 155 g/mol. The van der Waals surface area contributed by atoms with Crippen molar-refractivity contribution < 1.29 is 4.74 Å². The summed E-state index contributed by atoms with van der Waals surface area (Å²) in [4.78, 5) is 2.49. The van der Waals surface area contributed by atoms with Gasteiger partial charge < -0.3 is 9.64 Å². The van der Waals surface area contributed by atoms with Gasteiger partial charge in [0, 0.05) is 13.1 Å². The van der Waals surface area contributed by atoms with Crippen LogP contribution in [0.15, 0.2) is 0 Å². The van der Waals surface area contributed by atoms with E-state index in [-0.39, 0.29) is 5.60 Å². The molecule has 2 nitrogen and oxygen atoms in total. The van der Waals surface area contributed by atoms with Crippen LogP contribution in [0.3, 0.4) is 0 Å². The van der Waals surface area contributed by atoms with Crippen molar-refractivity contribution in [3.05, 3.63) is 0 Å². The normalized spacial score (nSPS) is 43.6. The van der Waals surface area contributed by atoms with Crippen molar-refractivity contribution in [3.63, 3.8) is 0 Å². The Balaban J connectivity index is 1.97. The maximum absolute atomic E-state index is 5.70. The van der Waals surface area contributed by atoms with E-state index in [4.69, 9.17) is 4.74 Å². The van der Waals surface area contributed by atoms with E-state index in [1.165, 1.54) is 32.5 Å². The van der Waals surface area contributed by atoms with E-state index in [1.807, 2.05) is 0 Å². The van der Waals surface area contributed by atoms with Gasteiger partial charge in [0.2, 0.25) is 0 Å². The lowest BCUT2D eigenvalue weighted by Crippen LogP contribution is -2.41. The van der Waals surface area contributed by atoms with Crippen LogP contribution in [0.25, 0.3) is 0 Å². The molecule has 2 aliphatic heterocycles. The van der Waals surface area contributed by atoms with Gasteiger partial charge >= 0.3 is 0 Å². The molecule has 2 rings (SSSR count). The Kier molecular flexibility index (Phi) is 1.69. The highest BCUT2D eigenvalue weighted by molar-refractivity contribution is 5.06. The van der Waals surface area contributed by atoms with E-state index in [9.17, 15) is 0 Å². The van der Waals surface area contributed by atoms with Gasteiger partial charge in [-0.05, 0) is 19.4 Å². The molecule has 2 atom stereocenters. The van der Waals surface area contributed by atoms with Crippen molar-refractivity contribution in [2.24, 2.45) is 0 Å². The van der Waals surface area contributed by atoms with Gasteiger partial charge in [0.1, 0.15) is 5.60 Å². The molecule has 2 heterocycles. The molecule has 64 valence electrons. The Hall–Kier alpha value is -0.0800. The minimum Gasteiger partial charge on any atom is -0.365 e. The first-order chi connectivity index (χ1) is 5.30. The molecule has 0 radical (unpaired) electrons. The van der Waals surface area contributed by atoms with E-state index in [1.54, 1.807) is 0 Å². The number of piperidine rings is 1. The lowest BCUT2D eigenvalue weighted by atomic mass is 9.95. The molecule has 0 spiro atoms. The third-order valence-corrected chi connectivity index (χ3v) is 3.15. The van der Waals surface area contributed by atoms with Crippen molar-refractivity contribution in [2.45, 2.75) is 38.4 Å². The minimum absolute atomic E-state index is 0.286. The quantitative estimate of drug-likeness (QED) is 0.558. The molecule has 0 N–H and O–H groups in total. The van der Waals surface area contributed by atoms with E-state index in [0.29, 0.717) is 6.10 Å². The maximum Gasteiger partial charge on any atom is 0.107 e. The molecule has 2 saturated heterocycles. The zero-order valence-electron chi connectivity index (χ0n) is 7.47. The van der Waals surface area contributed by atoms with Crippen LogP contribution in [-0.4, -0.2) is 36.2 Å². The summed E-state index contributed by atoms with van der Waals surface area (Å²) in [5.41, 5.74) is 0.286. The van der Waals surface area contributed by atoms with Crippen molar-refractivity contribution in [1.82, 2.24) is 4.90 Å². The van der Waals surface area contributed by atoms with Gasteiger partial charge in [-0.25, -0.2) is 0 Å². The Morgan fingerprint density at radius 3 is 3.00 bits per heavy atom. The van der Waals surface area contributed by atoms with Crippen LogP contribution in [0.2, 0.25) is 0 Å². The first-order valence-electron chi connectivity index (χ1n) is 4.71. The van der Waals surface area contributed by atoms with Crippen LogP contribution in [0.4, 0.5) is 0 Å². The number of hydrogen-bond acceptors (Lipinski definition) is 2. The van der Waals surface area contributed by atoms with Gasteiger partial charge in [-0.2, -0.15) is 0 Å². The second-order valence-electron chi connectivity index (χ2n) is 3.68. The molecule has 0 aromatic heterocycles. The maximum atomic E-state index is 5.70. The highest BCUT2D eigenvalue weighted by Gasteiger charge is 2.57. The third-order valence-electron chi connectivity index (χ3n) is 3.15. The number of fused-ring (bicyclic) bond motifs is 1. The molecule has 0 aromatic carbocycles. The average Bonchev–Trinajstić information content (AvgIpc) is 2.78. The Labute approximate surface area is 68.5 Å². The summed E-state index contributed by atoms with van der Waals surface area (Å²) in [6.45, 7) is 8.05. The number of epoxide rings is 1. The molecule has 0 saturated carbocycles. The molecule has 0 aromatic rings. The van der Waals surface area contributed by atoms with Gasteiger partial charge in [0.05, 0.1) is 6.10 Å². The fourth-order valence-electron chi connectivity index (χ4n) is 2.16. The van der Waals surface area contributed by atoms with Gasteiger partial charge in [-0.3, -0.25) is 0 Å². The highest BCUT2D eigenvalue weighted by Crippen LogP contribution is 2.45. The van der Waals surface area contributed by atoms with E-state index in [0.717, 1.165) is 0 Å². The van der Waals surface area contributed by atoms with Crippen molar-refractivity contribution in [2.75, 3.05) is 19.6 Å². The van der Waals surface area contributed by atoms with Crippen molar-refractivity contribution >= 4 is 0 Å². The smallest absolute Gasteiger partial charge is 0.107 e. The fourth-order valence-corrected chi connectivity index (χ4v) is 2.16. The van der Waals surface area contributed by atoms with Crippen LogP contribution in [0.1, 0.15) is 26.7 Å². The zero-order valence-corrected chi connectivity index (χ0v) is 7.47. The largest absolute Gasteiger partial charge is 0.365 e. The summed E-state index contributed by atoms with van der Waals surface area (Å²) in [6.07, 6.45) is 3.05. The van der Waals surface area contributed by atoms with E-state index < -0.39 is 0 Å². The summed E-state index contributed by atoms with van der Waals surface area (Å²) < 4.78 is 5.70. The minimum atomic E-state index is 0.286. The molecular weight excluding hydrogens is 138 g/mol. The Bertz CT molecular complexity index is 160. The second kappa shape index (κ2) is 2.46. The molecule has 0 aliphatic carbocycles.